The largest absolute Gasteiger partial charge is 0.378 e. The van der Waals surface area contributed by atoms with Gasteiger partial charge in [-0.15, -0.1) is 0 Å². The lowest BCUT2D eigenvalue weighted by Crippen LogP contribution is -2.35. The first-order chi connectivity index (χ1) is 5.81. The van der Waals surface area contributed by atoms with Crippen molar-refractivity contribution in [1.82, 2.24) is 16.0 Å². The minimum atomic E-state index is -0.174. The van der Waals surface area contributed by atoms with E-state index in [1.54, 1.807) is 7.05 Å². The average molecular weight is 175 g/mol. The molecule has 0 radical (unpaired) electrons. The summed E-state index contributed by atoms with van der Waals surface area (Å²) in [4.78, 5) is 10.6. The monoisotopic (exact) mass is 175 g/mol. The van der Waals surface area contributed by atoms with Gasteiger partial charge in [-0.1, -0.05) is 0 Å². The lowest BCUT2D eigenvalue weighted by molar-refractivity contribution is 0.139. The molecule has 5 nitrogen and oxygen atoms in total. The molecular formula is C7H17N3O2. The predicted octanol–water partition coefficient (Wildman–Crippen LogP) is -0.849. The average Bonchev–Trinajstić information content (AvgIpc) is 2.10. The Morgan fingerprint density at radius 3 is 2.50 bits per heavy atom. The SMILES string of the molecule is CNCCOCCNC(=O)NC. The van der Waals surface area contributed by atoms with Crippen LogP contribution in [0.2, 0.25) is 0 Å². The Balaban J connectivity index is 2.95. The number of nitrogens with one attached hydrogen (secondary N) is 3. The van der Waals surface area contributed by atoms with E-state index in [1.807, 2.05) is 7.05 Å². The molecule has 0 saturated heterocycles. The van der Waals surface area contributed by atoms with Crippen molar-refractivity contribution in [2.45, 2.75) is 0 Å². The Bertz CT molecular complexity index is 119. The van der Waals surface area contributed by atoms with Crippen LogP contribution in [0.25, 0.3) is 0 Å². The van der Waals surface area contributed by atoms with Gasteiger partial charge in [-0.25, -0.2) is 4.79 Å². The van der Waals surface area contributed by atoms with E-state index < -0.39 is 0 Å². The van der Waals surface area contributed by atoms with Crippen LogP contribution in [0, 0.1) is 0 Å². The van der Waals surface area contributed by atoms with Crippen molar-refractivity contribution >= 4 is 6.03 Å². The van der Waals surface area contributed by atoms with E-state index in [2.05, 4.69) is 16.0 Å². The normalized spacial score (nSPS) is 9.50. The molecule has 0 bridgehead atoms. The predicted molar refractivity (Wildman–Crippen MR) is 47.2 cm³/mol. The first-order valence-corrected chi connectivity index (χ1v) is 3.99. The molecule has 0 aliphatic carbocycles. The molecule has 0 heterocycles. The first-order valence-electron chi connectivity index (χ1n) is 3.99. The summed E-state index contributed by atoms with van der Waals surface area (Å²) in [5.41, 5.74) is 0. The smallest absolute Gasteiger partial charge is 0.314 e. The van der Waals surface area contributed by atoms with Crippen molar-refractivity contribution in [1.29, 1.82) is 0 Å². The summed E-state index contributed by atoms with van der Waals surface area (Å²) < 4.78 is 5.16. The van der Waals surface area contributed by atoms with Gasteiger partial charge in [0.05, 0.1) is 13.2 Å². The third kappa shape index (κ3) is 7.30. The van der Waals surface area contributed by atoms with Gasteiger partial charge in [0.2, 0.25) is 0 Å². The zero-order chi connectivity index (χ0) is 9.23. The number of amides is 2. The number of likely N-dealkylation sites (N-methyl/N-ethyl adjacent to an activating group) is 1. The van der Waals surface area contributed by atoms with E-state index >= 15 is 0 Å². The maximum absolute atomic E-state index is 10.6. The highest BCUT2D eigenvalue weighted by Crippen LogP contribution is 1.71. The molecule has 0 fully saturated rings. The first kappa shape index (κ1) is 11.2. The van der Waals surface area contributed by atoms with Gasteiger partial charge in [-0.3, -0.25) is 0 Å². The van der Waals surface area contributed by atoms with Crippen LogP contribution in [0.4, 0.5) is 4.79 Å². The minimum Gasteiger partial charge on any atom is -0.378 e. The zero-order valence-corrected chi connectivity index (χ0v) is 7.64. The molecule has 0 aromatic rings. The van der Waals surface area contributed by atoms with E-state index in [1.165, 1.54) is 0 Å². The molecule has 0 aliphatic rings. The second-order valence-corrected chi connectivity index (χ2v) is 2.22. The molecule has 3 N–H and O–H groups in total. The lowest BCUT2D eigenvalue weighted by Gasteiger charge is -2.04. The summed E-state index contributed by atoms with van der Waals surface area (Å²) in [6, 6.07) is -0.174. The highest BCUT2D eigenvalue weighted by molar-refractivity contribution is 5.73. The Hall–Kier alpha value is -0.810. The highest BCUT2D eigenvalue weighted by Gasteiger charge is 1.93. The summed E-state index contributed by atoms with van der Waals surface area (Å²) in [5.74, 6) is 0. The number of rotatable bonds is 6. The molecule has 0 atom stereocenters. The summed E-state index contributed by atoms with van der Waals surface area (Å²) in [6.45, 7) is 2.60. The van der Waals surface area contributed by atoms with Crippen molar-refractivity contribution in [3.8, 4) is 0 Å². The van der Waals surface area contributed by atoms with Crippen LogP contribution in [0.5, 0.6) is 0 Å². The van der Waals surface area contributed by atoms with Crippen LogP contribution in [0.15, 0.2) is 0 Å². The fraction of sp³-hybridized carbons (Fsp3) is 0.857. The molecule has 2 amide bonds. The number of urea groups is 1. The second kappa shape index (κ2) is 8.29. The van der Waals surface area contributed by atoms with E-state index in [9.17, 15) is 4.79 Å². The maximum atomic E-state index is 10.6. The van der Waals surface area contributed by atoms with Crippen molar-refractivity contribution in [3.63, 3.8) is 0 Å². The van der Waals surface area contributed by atoms with Gasteiger partial charge in [0, 0.05) is 20.1 Å². The molecule has 0 aliphatic heterocycles. The quantitative estimate of drug-likeness (QED) is 0.461. The summed E-state index contributed by atoms with van der Waals surface area (Å²) in [5, 5.41) is 8.02. The molecule has 12 heavy (non-hydrogen) atoms. The highest BCUT2D eigenvalue weighted by atomic mass is 16.5. The molecule has 0 aromatic carbocycles. The van der Waals surface area contributed by atoms with E-state index in [4.69, 9.17) is 4.74 Å². The number of carbonyl (C=O) groups excluding carboxylic acids is 1. The second-order valence-electron chi connectivity index (χ2n) is 2.22. The fourth-order valence-corrected chi connectivity index (χ4v) is 0.601. The topological polar surface area (TPSA) is 62.4 Å². The summed E-state index contributed by atoms with van der Waals surface area (Å²) in [6.07, 6.45) is 0. The molecule has 0 spiro atoms. The zero-order valence-electron chi connectivity index (χ0n) is 7.64. The van der Waals surface area contributed by atoms with E-state index in [0.717, 1.165) is 6.54 Å². The molecule has 72 valence electrons. The Morgan fingerprint density at radius 2 is 1.92 bits per heavy atom. The maximum Gasteiger partial charge on any atom is 0.314 e. The third-order valence-electron chi connectivity index (χ3n) is 1.26. The number of hydrogen-bond donors (Lipinski definition) is 3. The number of carbonyl (C=O) groups is 1. The van der Waals surface area contributed by atoms with Crippen molar-refractivity contribution in [2.24, 2.45) is 0 Å². The van der Waals surface area contributed by atoms with Gasteiger partial charge < -0.3 is 20.7 Å². The summed E-state index contributed by atoms with van der Waals surface area (Å²) >= 11 is 0. The molecule has 0 unspecified atom stereocenters. The van der Waals surface area contributed by atoms with Crippen molar-refractivity contribution in [3.05, 3.63) is 0 Å². The van der Waals surface area contributed by atoms with Crippen molar-refractivity contribution < 1.29 is 9.53 Å². The number of ether oxygens (including phenoxy) is 1. The molecule has 0 saturated carbocycles. The summed E-state index contributed by atoms with van der Waals surface area (Å²) in [7, 11) is 3.45. The fourth-order valence-electron chi connectivity index (χ4n) is 0.601. The van der Waals surface area contributed by atoms with E-state index in [0.29, 0.717) is 19.8 Å². The third-order valence-corrected chi connectivity index (χ3v) is 1.26. The molecular weight excluding hydrogens is 158 g/mol. The van der Waals surface area contributed by atoms with Crippen LogP contribution < -0.4 is 16.0 Å². The molecule has 0 aromatic heterocycles. The minimum absolute atomic E-state index is 0.174. The van der Waals surface area contributed by atoms with Crippen LogP contribution in [0.1, 0.15) is 0 Å². The Kier molecular flexibility index (Phi) is 7.73. The standard InChI is InChI=1S/C7H17N3O2/c1-8-3-5-12-6-4-10-7(11)9-2/h8H,3-6H2,1-2H3,(H2,9,10,11). The van der Waals surface area contributed by atoms with Crippen LogP contribution in [-0.4, -0.2) is 46.4 Å². The van der Waals surface area contributed by atoms with Gasteiger partial charge in [0.1, 0.15) is 0 Å². The van der Waals surface area contributed by atoms with Gasteiger partial charge in [-0.2, -0.15) is 0 Å². The Labute approximate surface area is 72.9 Å². The van der Waals surface area contributed by atoms with Gasteiger partial charge in [0.15, 0.2) is 0 Å². The lowest BCUT2D eigenvalue weighted by atomic mass is 10.6. The van der Waals surface area contributed by atoms with Gasteiger partial charge in [-0.05, 0) is 7.05 Å². The van der Waals surface area contributed by atoms with Crippen molar-refractivity contribution in [2.75, 3.05) is 40.4 Å². The molecule has 0 rings (SSSR count). The number of hydrogen-bond acceptors (Lipinski definition) is 3. The van der Waals surface area contributed by atoms with Gasteiger partial charge >= 0.3 is 6.03 Å². The van der Waals surface area contributed by atoms with Crippen LogP contribution in [-0.2, 0) is 4.74 Å². The van der Waals surface area contributed by atoms with Gasteiger partial charge in [0.25, 0.3) is 0 Å². The van der Waals surface area contributed by atoms with Crippen LogP contribution >= 0.6 is 0 Å². The van der Waals surface area contributed by atoms with E-state index in [-0.39, 0.29) is 6.03 Å². The molecule has 5 heteroatoms. The Morgan fingerprint density at radius 1 is 1.25 bits per heavy atom. The van der Waals surface area contributed by atoms with Crippen LogP contribution in [0.3, 0.4) is 0 Å².